The number of nitrogens with one attached hydrogen (secondary N) is 1. The van der Waals surface area contributed by atoms with Gasteiger partial charge in [0.1, 0.15) is 73.2 Å². The summed E-state index contributed by atoms with van der Waals surface area (Å²) in [5, 5.41) is 121. The van der Waals surface area contributed by atoms with Gasteiger partial charge in [-0.1, -0.05) is 282 Å². The van der Waals surface area contributed by atoms with Crippen molar-refractivity contribution in [3.63, 3.8) is 0 Å². The molecule has 3 rings (SSSR count). The highest BCUT2D eigenvalue weighted by atomic mass is 16.8. The number of hydrogen-bond acceptors (Lipinski definition) is 18. The van der Waals surface area contributed by atoms with Crippen molar-refractivity contribution < 1.29 is 89.4 Å². The Kier molecular flexibility index (Phi) is 57.8. The fraction of sp³-hybridized carbons (Fsp3) is 0.729. The third kappa shape index (κ3) is 43.2. The van der Waals surface area contributed by atoms with Crippen LogP contribution in [0.1, 0.15) is 264 Å². The SMILES string of the molecule is CC/C=C\C/C=C\C/C=C\C/C=C\C/C=C\C/C=C\C/C=C\C/C=C\CCCCCCC(=O)NC(COC1OC(CO)C(OC2OC(CO)C(OC3OC(CO)C(O)C(O)C3O)C(O)C2O)C(O)C1O)C(O)/C=C/CC/C=C/CC/C=C/CCCCCCCCCCCCCCCCCCCCCC. The molecule has 0 aliphatic carbocycles. The fourth-order valence-corrected chi connectivity index (χ4v) is 12.7. The van der Waals surface area contributed by atoms with Crippen LogP contribution >= 0.6 is 0 Å². The van der Waals surface area contributed by atoms with Gasteiger partial charge in [-0.2, -0.15) is 0 Å². The molecule has 1 amide bonds. The largest absolute Gasteiger partial charge is 0.394 e. The van der Waals surface area contributed by atoms with Crippen LogP contribution in [0.15, 0.2) is 134 Å². The van der Waals surface area contributed by atoms with E-state index in [2.05, 4.69) is 141 Å². The number of unbranched alkanes of at least 4 members (excludes halogenated alkanes) is 26. The topological polar surface area (TPSA) is 307 Å². The first-order valence-electron chi connectivity index (χ1n) is 40.4. The predicted molar refractivity (Wildman–Crippen MR) is 415 cm³/mol. The van der Waals surface area contributed by atoms with E-state index < -0.39 is 131 Å². The summed E-state index contributed by atoms with van der Waals surface area (Å²) in [5.41, 5.74) is 0. The normalized spacial score (nSPS) is 26.6. The Labute approximate surface area is 626 Å². The highest BCUT2D eigenvalue weighted by molar-refractivity contribution is 5.76. The lowest BCUT2D eigenvalue weighted by molar-refractivity contribution is -0.379. The first-order valence-corrected chi connectivity index (χ1v) is 40.4. The van der Waals surface area contributed by atoms with Gasteiger partial charge >= 0.3 is 0 Å². The molecule has 596 valence electrons. The van der Waals surface area contributed by atoms with Gasteiger partial charge in [-0.25, -0.2) is 0 Å². The minimum atomic E-state index is -1.99. The van der Waals surface area contributed by atoms with Crippen molar-refractivity contribution in [3.05, 3.63) is 134 Å². The highest BCUT2D eigenvalue weighted by Crippen LogP contribution is 2.33. The molecule has 0 aromatic heterocycles. The van der Waals surface area contributed by atoms with Crippen LogP contribution in [-0.2, 0) is 33.2 Å². The number of aliphatic hydroxyl groups excluding tert-OH is 11. The second-order valence-corrected chi connectivity index (χ2v) is 28.1. The van der Waals surface area contributed by atoms with E-state index in [1.165, 1.54) is 128 Å². The molecule has 3 aliphatic heterocycles. The van der Waals surface area contributed by atoms with Crippen LogP contribution in [0.25, 0.3) is 0 Å². The minimum absolute atomic E-state index is 0.193. The van der Waals surface area contributed by atoms with Gasteiger partial charge in [0, 0.05) is 6.42 Å². The molecule has 3 heterocycles. The molecule has 3 saturated heterocycles. The van der Waals surface area contributed by atoms with E-state index in [0.717, 1.165) is 103 Å². The quantitative estimate of drug-likeness (QED) is 0.0199. The van der Waals surface area contributed by atoms with Gasteiger partial charge in [0.15, 0.2) is 18.9 Å². The molecule has 104 heavy (non-hydrogen) atoms. The molecule has 0 bridgehead atoms. The second kappa shape index (κ2) is 63.8. The number of rotatable bonds is 62. The van der Waals surface area contributed by atoms with Crippen LogP contribution in [-0.4, -0.2) is 193 Å². The second-order valence-electron chi connectivity index (χ2n) is 28.1. The van der Waals surface area contributed by atoms with Crippen LogP contribution in [0, 0.1) is 0 Å². The van der Waals surface area contributed by atoms with Crippen molar-refractivity contribution in [1.82, 2.24) is 5.32 Å². The summed E-state index contributed by atoms with van der Waals surface area (Å²) < 4.78 is 34.4. The van der Waals surface area contributed by atoms with E-state index in [-0.39, 0.29) is 12.3 Å². The number of carbonyl (C=O) groups is 1. The monoisotopic (exact) mass is 1470 g/mol. The number of allylic oxidation sites excluding steroid dienone is 21. The molecule has 19 heteroatoms. The summed E-state index contributed by atoms with van der Waals surface area (Å²) in [7, 11) is 0. The Hall–Kier alpha value is -4.07. The average molecular weight is 1470 g/mol. The standard InChI is InChI=1S/C85H143NO18/c1-3-5-7-9-11-13-15-17-19-21-23-25-27-29-31-33-35-36-38-40-42-44-46-48-50-52-54-56-58-60-62-69(90)68(86-73(91)63-61-59-57-55-53-51-49-47-45-43-41-39-37-34-32-30-28-26-24-22-20-18-16-14-12-10-8-6-4-2)67-99-83-79(97)76(94)81(71(65-88)101-83)104-85-80(98)77(95)82(72(66-89)102-85)103-84-78(96)75(93)74(92)70(64-87)100-84/h6,8,12,14,18,20,24,26,30,32,37,39,43-46,49,51-52,54,60,62,68-72,74-85,87-90,92-98H,3-5,7,9-11,13,15-17,19,21-23,25,27-29,31,33-36,38,40-42,47-48,50,53,55-59,61,63-67H2,1-2H3,(H,86,91)/b8-6-,14-12-,20-18-,26-24-,32-30-,39-37-,45-43-,46-44+,51-49-,54-52+,62-60+. The van der Waals surface area contributed by atoms with Crippen LogP contribution < -0.4 is 5.32 Å². The van der Waals surface area contributed by atoms with Crippen LogP contribution in [0.2, 0.25) is 0 Å². The van der Waals surface area contributed by atoms with E-state index in [9.17, 15) is 61.0 Å². The van der Waals surface area contributed by atoms with E-state index >= 15 is 0 Å². The zero-order valence-electron chi connectivity index (χ0n) is 63.7. The molecule has 0 spiro atoms. The summed E-state index contributed by atoms with van der Waals surface area (Å²) in [6.07, 6.45) is 64.4. The number of carbonyl (C=O) groups excluding carboxylic acids is 1. The maximum Gasteiger partial charge on any atom is 0.220 e. The number of amides is 1. The molecule has 0 saturated carbocycles. The Morgan fingerprint density at radius 3 is 1.08 bits per heavy atom. The van der Waals surface area contributed by atoms with Crippen molar-refractivity contribution in [2.45, 2.75) is 369 Å². The van der Waals surface area contributed by atoms with Gasteiger partial charge in [-0.3, -0.25) is 4.79 Å². The van der Waals surface area contributed by atoms with E-state index in [1.807, 2.05) is 6.08 Å². The predicted octanol–water partition coefficient (Wildman–Crippen LogP) is 13.7. The lowest BCUT2D eigenvalue weighted by atomic mass is 9.96. The molecule has 17 atom stereocenters. The van der Waals surface area contributed by atoms with E-state index in [0.29, 0.717) is 12.8 Å². The van der Waals surface area contributed by atoms with E-state index in [1.54, 1.807) is 6.08 Å². The molecule has 19 nitrogen and oxygen atoms in total. The summed E-state index contributed by atoms with van der Waals surface area (Å²) >= 11 is 0. The van der Waals surface area contributed by atoms with Crippen molar-refractivity contribution >= 4 is 5.91 Å². The molecular formula is C85H143NO18. The third-order valence-electron chi connectivity index (χ3n) is 19.2. The molecule has 3 aliphatic rings. The zero-order chi connectivity index (χ0) is 75.3. The first kappa shape index (κ1) is 94.1. The Bertz CT molecular complexity index is 2400. The fourth-order valence-electron chi connectivity index (χ4n) is 12.7. The number of hydrogen-bond donors (Lipinski definition) is 12. The molecule has 0 aromatic rings. The van der Waals surface area contributed by atoms with Crippen LogP contribution in [0.5, 0.6) is 0 Å². The maximum atomic E-state index is 13.5. The van der Waals surface area contributed by atoms with Crippen LogP contribution in [0.4, 0.5) is 0 Å². The Balaban J connectivity index is 1.42. The summed E-state index contributed by atoms with van der Waals surface area (Å²) in [6.45, 7) is 1.58. The highest BCUT2D eigenvalue weighted by Gasteiger charge is 2.54. The smallest absolute Gasteiger partial charge is 0.220 e. The average Bonchev–Trinajstić information content (AvgIpc) is 0.781. The summed E-state index contributed by atoms with van der Waals surface area (Å²) in [6, 6.07) is -1.02. The summed E-state index contributed by atoms with van der Waals surface area (Å²) in [5.74, 6) is -0.318. The molecule has 3 fully saturated rings. The van der Waals surface area contributed by atoms with Crippen molar-refractivity contribution in [3.8, 4) is 0 Å². The third-order valence-corrected chi connectivity index (χ3v) is 19.2. The van der Waals surface area contributed by atoms with Crippen molar-refractivity contribution in [2.24, 2.45) is 0 Å². The van der Waals surface area contributed by atoms with Gasteiger partial charge < -0.3 is 89.9 Å². The van der Waals surface area contributed by atoms with Crippen molar-refractivity contribution in [2.75, 3.05) is 26.4 Å². The maximum absolute atomic E-state index is 13.5. The number of aliphatic hydroxyl groups is 11. The first-order chi connectivity index (χ1) is 50.8. The zero-order valence-corrected chi connectivity index (χ0v) is 63.7. The molecule has 0 radical (unpaired) electrons. The van der Waals surface area contributed by atoms with Gasteiger partial charge in [-0.15, -0.1) is 0 Å². The Morgan fingerprint density at radius 2 is 0.673 bits per heavy atom. The van der Waals surface area contributed by atoms with Gasteiger partial charge in [0.2, 0.25) is 5.91 Å². The molecule has 17 unspecified atom stereocenters. The minimum Gasteiger partial charge on any atom is -0.394 e. The van der Waals surface area contributed by atoms with Crippen molar-refractivity contribution in [1.29, 1.82) is 0 Å². The lowest BCUT2D eigenvalue weighted by Gasteiger charge is -2.48. The molecular weight excluding hydrogens is 1320 g/mol. The molecule has 12 N–H and O–H groups in total. The van der Waals surface area contributed by atoms with Gasteiger partial charge in [0.05, 0.1) is 38.6 Å². The van der Waals surface area contributed by atoms with Gasteiger partial charge in [0.25, 0.3) is 0 Å². The van der Waals surface area contributed by atoms with Gasteiger partial charge in [-0.05, 0) is 109 Å². The van der Waals surface area contributed by atoms with E-state index in [4.69, 9.17) is 28.4 Å². The Morgan fingerprint density at radius 1 is 0.356 bits per heavy atom. The lowest BCUT2D eigenvalue weighted by Crippen LogP contribution is -2.66. The number of ether oxygens (including phenoxy) is 6. The van der Waals surface area contributed by atoms with Crippen LogP contribution in [0.3, 0.4) is 0 Å². The molecule has 0 aromatic carbocycles. The summed E-state index contributed by atoms with van der Waals surface area (Å²) in [4.78, 5) is 13.5.